The lowest BCUT2D eigenvalue weighted by molar-refractivity contribution is -0.133. The summed E-state index contributed by atoms with van der Waals surface area (Å²) in [5.74, 6) is 2.18. The second-order valence-corrected chi connectivity index (χ2v) is 8.28. The molecule has 1 amide bonds. The van der Waals surface area contributed by atoms with E-state index in [0.717, 1.165) is 30.0 Å². The number of hydrogen-bond acceptors (Lipinski definition) is 6. The third-order valence-electron chi connectivity index (χ3n) is 5.95. The van der Waals surface area contributed by atoms with Crippen molar-refractivity contribution in [1.29, 1.82) is 0 Å². The van der Waals surface area contributed by atoms with Crippen molar-refractivity contribution in [1.82, 2.24) is 19.9 Å². The van der Waals surface area contributed by atoms with Gasteiger partial charge in [-0.3, -0.25) is 9.69 Å². The van der Waals surface area contributed by atoms with Crippen LogP contribution in [0.25, 0.3) is 11.4 Å². The Hall–Kier alpha value is -3.19. The first kappa shape index (κ1) is 22.0. The number of piperazine rings is 1. The van der Waals surface area contributed by atoms with E-state index in [1.54, 1.807) is 0 Å². The molecule has 0 spiro atoms. The van der Waals surface area contributed by atoms with E-state index in [4.69, 9.17) is 9.26 Å². The van der Waals surface area contributed by atoms with Gasteiger partial charge in [0.15, 0.2) is 0 Å². The normalized spacial score (nSPS) is 15.5. The molecule has 7 nitrogen and oxygen atoms in total. The van der Waals surface area contributed by atoms with Crippen LogP contribution in [0.4, 0.5) is 0 Å². The molecule has 0 bridgehead atoms. The number of ether oxygens (including phenoxy) is 1. The molecule has 0 saturated carbocycles. The van der Waals surface area contributed by atoms with E-state index < -0.39 is 0 Å². The van der Waals surface area contributed by atoms with E-state index in [1.165, 1.54) is 5.56 Å². The van der Waals surface area contributed by atoms with Gasteiger partial charge < -0.3 is 14.2 Å². The van der Waals surface area contributed by atoms with Crippen molar-refractivity contribution in [2.24, 2.45) is 0 Å². The maximum absolute atomic E-state index is 12.6. The summed E-state index contributed by atoms with van der Waals surface area (Å²) in [6, 6.07) is 15.9. The molecule has 1 atom stereocenters. The molecule has 1 saturated heterocycles. The lowest BCUT2D eigenvalue weighted by Gasteiger charge is -2.36. The minimum absolute atomic E-state index is 0.00469. The van der Waals surface area contributed by atoms with Crippen LogP contribution in [0.2, 0.25) is 0 Å². The van der Waals surface area contributed by atoms with Gasteiger partial charge in [0.05, 0.1) is 19.1 Å². The monoisotopic (exact) mass is 434 g/mol. The molecule has 7 heteroatoms. The predicted octanol–water partition coefficient (Wildman–Crippen LogP) is 4.03. The second-order valence-electron chi connectivity index (χ2n) is 8.28. The van der Waals surface area contributed by atoms with E-state index >= 15 is 0 Å². The quantitative estimate of drug-likeness (QED) is 0.559. The molecule has 1 aliphatic rings. The van der Waals surface area contributed by atoms with Crippen molar-refractivity contribution in [3.05, 3.63) is 65.5 Å². The van der Waals surface area contributed by atoms with E-state index in [-0.39, 0.29) is 11.9 Å². The standard InChI is InChI=1S/C25H30N4O3/c1-18-9-10-22(19(2)17-18)31-16-11-23(30)29-14-12-28(13-15-29)20(3)25-26-24(27-32-25)21-7-5-4-6-8-21/h4-10,17,20H,11-16H2,1-3H3. The highest BCUT2D eigenvalue weighted by molar-refractivity contribution is 5.76. The van der Waals surface area contributed by atoms with Gasteiger partial charge in [-0.1, -0.05) is 53.2 Å². The summed E-state index contributed by atoms with van der Waals surface area (Å²) < 4.78 is 11.3. The molecular formula is C25H30N4O3. The summed E-state index contributed by atoms with van der Waals surface area (Å²) >= 11 is 0. The number of amides is 1. The first-order valence-corrected chi connectivity index (χ1v) is 11.1. The summed E-state index contributed by atoms with van der Waals surface area (Å²) in [5.41, 5.74) is 3.24. The zero-order chi connectivity index (χ0) is 22.5. The van der Waals surface area contributed by atoms with Gasteiger partial charge in [-0.15, -0.1) is 0 Å². The zero-order valence-electron chi connectivity index (χ0n) is 19.0. The average Bonchev–Trinajstić information content (AvgIpc) is 3.31. The molecule has 1 unspecified atom stereocenters. The molecule has 1 aliphatic heterocycles. The van der Waals surface area contributed by atoms with Crippen LogP contribution in [0, 0.1) is 13.8 Å². The van der Waals surface area contributed by atoms with Crippen LogP contribution in [0.15, 0.2) is 53.1 Å². The minimum Gasteiger partial charge on any atom is -0.493 e. The molecule has 3 aromatic rings. The average molecular weight is 435 g/mol. The molecule has 1 fully saturated rings. The van der Waals surface area contributed by atoms with Gasteiger partial charge in [0.25, 0.3) is 0 Å². The fourth-order valence-corrected chi connectivity index (χ4v) is 3.99. The fourth-order valence-electron chi connectivity index (χ4n) is 3.99. The van der Waals surface area contributed by atoms with Crippen molar-refractivity contribution < 1.29 is 14.1 Å². The molecule has 168 valence electrons. The number of carbonyl (C=O) groups is 1. The van der Waals surface area contributed by atoms with Crippen molar-refractivity contribution in [3.63, 3.8) is 0 Å². The number of hydrogen-bond donors (Lipinski definition) is 0. The summed E-state index contributed by atoms with van der Waals surface area (Å²) in [6.45, 7) is 9.46. The number of rotatable bonds is 7. The molecular weight excluding hydrogens is 404 g/mol. The molecule has 0 aliphatic carbocycles. The van der Waals surface area contributed by atoms with Gasteiger partial charge in [0.2, 0.25) is 17.6 Å². The lowest BCUT2D eigenvalue weighted by atomic mass is 10.1. The van der Waals surface area contributed by atoms with Crippen LogP contribution < -0.4 is 4.74 Å². The number of carbonyl (C=O) groups excluding carboxylic acids is 1. The molecule has 0 N–H and O–H groups in total. The van der Waals surface area contributed by atoms with Gasteiger partial charge in [-0.05, 0) is 32.4 Å². The highest BCUT2D eigenvalue weighted by Crippen LogP contribution is 2.24. The predicted molar refractivity (Wildman–Crippen MR) is 122 cm³/mol. The Morgan fingerprint density at radius 2 is 1.84 bits per heavy atom. The molecule has 1 aromatic heterocycles. The Labute approximate surface area is 189 Å². The Morgan fingerprint density at radius 3 is 2.56 bits per heavy atom. The minimum atomic E-state index is 0.00469. The first-order valence-electron chi connectivity index (χ1n) is 11.1. The van der Waals surface area contributed by atoms with Gasteiger partial charge in [0.1, 0.15) is 5.75 Å². The number of nitrogens with zero attached hydrogens (tertiary/aromatic N) is 4. The Bertz CT molecular complexity index is 1040. The van der Waals surface area contributed by atoms with Crippen LogP contribution in [-0.2, 0) is 4.79 Å². The van der Waals surface area contributed by atoms with Crippen molar-refractivity contribution in [2.75, 3.05) is 32.8 Å². The SMILES string of the molecule is Cc1ccc(OCCC(=O)N2CCN(C(C)c3nc(-c4ccccc4)no3)CC2)c(C)c1. The third kappa shape index (κ3) is 5.16. The fraction of sp³-hybridized carbons (Fsp3) is 0.400. The lowest BCUT2D eigenvalue weighted by Crippen LogP contribution is -2.49. The van der Waals surface area contributed by atoms with Gasteiger partial charge in [-0.25, -0.2) is 0 Å². The van der Waals surface area contributed by atoms with E-state index in [9.17, 15) is 4.79 Å². The highest BCUT2D eigenvalue weighted by Gasteiger charge is 2.27. The maximum atomic E-state index is 12.6. The maximum Gasteiger partial charge on any atom is 0.244 e. The largest absolute Gasteiger partial charge is 0.493 e. The van der Waals surface area contributed by atoms with Crippen LogP contribution >= 0.6 is 0 Å². The van der Waals surface area contributed by atoms with Crippen LogP contribution in [-0.4, -0.2) is 58.6 Å². The van der Waals surface area contributed by atoms with E-state index in [2.05, 4.69) is 35.0 Å². The number of aryl methyl sites for hydroxylation is 2. The third-order valence-corrected chi connectivity index (χ3v) is 5.95. The second kappa shape index (κ2) is 9.96. The summed E-state index contributed by atoms with van der Waals surface area (Å²) in [4.78, 5) is 21.4. The molecule has 32 heavy (non-hydrogen) atoms. The van der Waals surface area contributed by atoms with Crippen LogP contribution in [0.1, 0.15) is 36.4 Å². The molecule has 2 heterocycles. The van der Waals surface area contributed by atoms with E-state index in [1.807, 2.05) is 54.3 Å². The number of aromatic nitrogens is 2. The Balaban J connectivity index is 1.24. The van der Waals surface area contributed by atoms with Crippen LogP contribution in [0.5, 0.6) is 5.75 Å². The van der Waals surface area contributed by atoms with Gasteiger partial charge >= 0.3 is 0 Å². The Kier molecular flexibility index (Phi) is 6.85. The van der Waals surface area contributed by atoms with Crippen molar-refractivity contribution in [2.45, 2.75) is 33.2 Å². The smallest absolute Gasteiger partial charge is 0.244 e. The van der Waals surface area contributed by atoms with Gasteiger partial charge in [-0.2, -0.15) is 4.98 Å². The molecule has 2 aromatic carbocycles. The first-order chi connectivity index (χ1) is 15.5. The van der Waals surface area contributed by atoms with E-state index in [0.29, 0.717) is 37.8 Å². The summed E-state index contributed by atoms with van der Waals surface area (Å²) in [6.07, 6.45) is 0.382. The van der Waals surface area contributed by atoms with Crippen LogP contribution in [0.3, 0.4) is 0 Å². The molecule has 0 radical (unpaired) electrons. The summed E-state index contributed by atoms with van der Waals surface area (Å²) in [7, 11) is 0. The molecule has 4 rings (SSSR count). The zero-order valence-corrected chi connectivity index (χ0v) is 19.0. The summed E-state index contributed by atoms with van der Waals surface area (Å²) in [5, 5.41) is 4.12. The van der Waals surface area contributed by atoms with Crippen molar-refractivity contribution >= 4 is 5.91 Å². The van der Waals surface area contributed by atoms with Crippen molar-refractivity contribution in [3.8, 4) is 17.1 Å². The highest BCUT2D eigenvalue weighted by atomic mass is 16.5. The Morgan fingerprint density at radius 1 is 1.09 bits per heavy atom. The van der Waals surface area contributed by atoms with Gasteiger partial charge in [0, 0.05) is 31.7 Å². The topological polar surface area (TPSA) is 71.7 Å². The number of benzene rings is 2.